The third-order valence-corrected chi connectivity index (χ3v) is 0.726. The molecule has 0 unspecified atom stereocenters. The Morgan fingerprint density at radius 2 is 1.73 bits per heavy atom. The fraction of sp³-hybridized carbons (Fsp3) is 0.600. The second-order valence-corrected chi connectivity index (χ2v) is 1.80. The number of rotatable bonds is 2. The maximum Gasteiger partial charge on any atom is 2.00 e. The SMILES string of the molecule is CC(=O)CC(=O)C(F)(F)F.[H-].[H-].[Mg+2]. The van der Waals surface area contributed by atoms with Crippen LogP contribution in [0, 0.1) is 0 Å². The van der Waals surface area contributed by atoms with E-state index < -0.39 is 24.2 Å². The summed E-state index contributed by atoms with van der Waals surface area (Å²) in [5.41, 5.74) is 0. The standard InChI is InChI=1S/C5H5F3O2.Mg.2H/c1-3(9)2-4(10)5(6,7)8;;;/h2H2,1H3;;;/q;+2;2*-1. The molecule has 2 nitrogen and oxygen atoms in total. The number of hydrogen-bond donors (Lipinski definition) is 0. The molecule has 0 saturated heterocycles. The Bertz CT molecular complexity index is 172. The number of ketones is 2. The Morgan fingerprint density at radius 3 is 1.82 bits per heavy atom. The molecule has 0 aliphatic rings. The number of Topliss-reactive ketones (excluding diaryl/α,β-unsaturated/α-hetero) is 2. The van der Waals surface area contributed by atoms with Gasteiger partial charge in [0.15, 0.2) is 0 Å². The molecule has 0 amide bonds. The molecule has 0 atom stereocenters. The third-order valence-electron chi connectivity index (χ3n) is 0.726. The first-order chi connectivity index (χ1) is 4.34. The summed E-state index contributed by atoms with van der Waals surface area (Å²) >= 11 is 0. The largest absolute Gasteiger partial charge is 2.00 e. The first-order valence-corrected chi connectivity index (χ1v) is 2.43. The predicted molar refractivity (Wildman–Crippen MR) is 34.3 cm³/mol. The smallest absolute Gasteiger partial charge is 1.00 e. The van der Waals surface area contributed by atoms with Crippen LogP contribution in [-0.4, -0.2) is 40.8 Å². The average molecular weight is 180 g/mol. The van der Waals surface area contributed by atoms with Gasteiger partial charge in [0.2, 0.25) is 5.78 Å². The maximum absolute atomic E-state index is 11.3. The van der Waals surface area contributed by atoms with Crippen LogP contribution in [0.4, 0.5) is 13.2 Å². The van der Waals surface area contributed by atoms with Crippen LogP contribution in [0.3, 0.4) is 0 Å². The van der Waals surface area contributed by atoms with Crippen molar-refractivity contribution in [2.45, 2.75) is 19.5 Å². The summed E-state index contributed by atoms with van der Waals surface area (Å²) in [6, 6.07) is 0. The zero-order valence-electron chi connectivity index (χ0n) is 7.86. The van der Waals surface area contributed by atoms with Gasteiger partial charge in [-0.05, 0) is 6.92 Å². The quantitative estimate of drug-likeness (QED) is 0.468. The van der Waals surface area contributed by atoms with Gasteiger partial charge in [-0.1, -0.05) is 0 Å². The van der Waals surface area contributed by atoms with E-state index in [2.05, 4.69) is 0 Å². The normalized spacial score (nSPS) is 10.2. The van der Waals surface area contributed by atoms with Gasteiger partial charge in [0.05, 0.1) is 6.42 Å². The van der Waals surface area contributed by atoms with Gasteiger partial charge >= 0.3 is 29.2 Å². The summed E-state index contributed by atoms with van der Waals surface area (Å²) in [6.07, 6.45) is -5.92. The van der Waals surface area contributed by atoms with Gasteiger partial charge < -0.3 is 2.85 Å². The van der Waals surface area contributed by atoms with E-state index in [0.29, 0.717) is 0 Å². The summed E-state index contributed by atoms with van der Waals surface area (Å²) in [4.78, 5) is 19.9. The summed E-state index contributed by atoms with van der Waals surface area (Å²) < 4.78 is 33.9. The van der Waals surface area contributed by atoms with Gasteiger partial charge in [-0.3, -0.25) is 9.59 Å². The van der Waals surface area contributed by atoms with E-state index in [0.717, 1.165) is 6.92 Å². The summed E-state index contributed by atoms with van der Waals surface area (Å²) in [6.45, 7) is 0.934. The van der Waals surface area contributed by atoms with Crippen molar-refractivity contribution < 1.29 is 25.6 Å². The van der Waals surface area contributed by atoms with E-state index in [1.165, 1.54) is 0 Å². The van der Waals surface area contributed by atoms with E-state index in [9.17, 15) is 22.8 Å². The van der Waals surface area contributed by atoms with Crippen LogP contribution >= 0.6 is 0 Å². The van der Waals surface area contributed by atoms with E-state index in [4.69, 9.17) is 0 Å². The van der Waals surface area contributed by atoms with Crippen LogP contribution in [0.25, 0.3) is 0 Å². The Hall–Kier alpha value is -0.104. The number of alkyl halides is 3. The molecule has 0 bridgehead atoms. The summed E-state index contributed by atoms with van der Waals surface area (Å²) in [7, 11) is 0. The maximum atomic E-state index is 11.3. The molecule has 0 N–H and O–H groups in total. The van der Waals surface area contributed by atoms with E-state index in [1.54, 1.807) is 0 Å². The molecule has 0 aliphatic heterocycles. The van der Waals surface area contributed by atoms with Crippen LogP contribution in [-0.2, 0) is 9.59 Å². The van der Waals surface area contributed by atoms with Crippen molar-refractivity contribution in [1.82, 2.24) is 0 Å². The first-order valence-electron chi connectivity index (χ1n) is 2.43. The third kappa shape index (κ3) is 6.30. The second-order valence-electron chi connectivity index (χ2n) is 1.80. The number of carbonyl (C=O) groups is 2. The molecule has 0 aromatic carbocycles. The molecule has 11 heavy (non-hydrogen) atoms. The van der Waals surface area contributed by atoms with Gasteiger partial charge in [-0.2, -0.15) is 13.2 Å². The fourth-order valence-electron chi connectivity index (χ4n) is 0.326. The molecule has 62 valence electrons. The van der Waals surface area contributed by atoms with Crippen LogP contribution in [0.1, 0.15) is 16.2 Å². The van der Waals surface area contributed by atoms with E-state index in [1.807, 2.05) is 0 Å². The van der Waals surface area contributed by atoms with Gasteiger partial charge in [0, 0.05) is 0 Å². The molecular formula is C5H7F3MgO2. The van der Waals surface area contributed by atoms with Crippen LogP contribution < -0.4 is 0 Å². The number of halogens is 3. The van der Waals surface area contributed by atoms with Crippen LogP contribution in [0.15, 0.2) is 0 Å². The van der Waals surface area contributed by atoms with Crippen molar-refractivity contribution in [3.8, 4) is 0 Å². The summed E-state index contributed by atoms with van der Waals surface area (Å²) in [5.74, 6) is -2.76. The Labute approximate surface area is 80.3 Å². The van der Waals surface area contributed by atoms with E-state index >= 15 is 0 Å². The van der Waals surface area contributed by atoms with Gasteiger partial charge in [-0.15, -0.1) is 0 Å². The second kappa shape index (κ2) is 4.71. The predicted octanol–water partition coefficient (Wildman–Crippen LogP) is 0.941. The average Bonchev–Trinajstić information content (AvgIpc) is 1.60. The molecule has 0 heterocycles. The Balaban J connectivity index is -0.000000135. The molecule has 0 radical (unpaired) electrons. The molecule has 0 rings (SSSR count). The van der Waals surface area contributed by atoms with Crippen LogP contribution in [0.2, 0.25) is 0 Å². The fourth-order valence-corrected chi connectivity index (χ4v) is 0.326. The van der Waals surface area contributed by atoms with E-state index in [-0.39, 0.29) is 25.9 Å². The number of carbonyl (C=O) groups excluding carboxylic acids is 2. The molecule has 0 fully saturated rings. The molecule has 0 saturated carbocycles. The molecular weight excluding hydrogens is 173 g/mol. The zero-order chi connectivity index (χ0) is 8.36. The summed E-state index contributed by atoms with van der Waals surface area (Å²) in [5, 5.41) is 0. The zero-order valence-corrected chi connectivity index (χ0v) is 7.28. The molecule has 0 aromatic heterocycles. The molecule has 0 aliphatic carbocycles. The van der Waals surface area contributed by atoms with Gasteiger partial charge in [-0.25, -0.2) is 0 Å². The van der Waals surface area contributed by atoms with Crippen molar-refractivity contribution >= 4 is 34.6 Å². The molecule has 0 spiro atoms. The van der Waals surface area contributed by atoms with Crippen LogP contribution in [0.5, 0.6) is 0 Å². The Morgan fingerprint density at radius 1 is 1.36 bits per heavy atom. The Kier molecular flexibility index (Phi) is 5.77. The molecule has 6 heteroatoms. The number of hydrogen-bond acceptors (Lipinski definition) is 2. The van der Waals surface area contributed by atoms with Crippen molar-refractivity contribution in [2.24, 2.45) is 0 Å². The minimum Gasteiger partial charge on any atom is -1.00 e. The minimum atomic E-state index is -4.87. The van der Waals surface area contributed by atoms with Crippen molar-refractivity contribution in [3.05, 3.63) is 0 Å². The minimum absolute atomic E-state index is 0. The topological polar surface area (TPSA) is 34.1 Å². The first kappa shape index (κ1) is 13.5. The van der Waals surface area contributed by atoms with Crippen molar-refractivity contribution in [3.63, 3.8) is 0 Å². The molecule has 0 aromatic rings. The monoisotopic (exact) mass is 180 g/mol. The van der Waals surface area contributed by atoms with Crippen molar-refractivity contribution in [1.29, 1.82) is 0 Å². The van der Waals surface area contributed by atoms with Gasteiger partial charge in [0.25, 0.3) is 0 Å². The van der Waals surface area contributed by atoms with Gasteiger partial charge in [0.1, 0.15) is 5.78 Å². The van der Waals surface area contributed by atoms with Crippen molar-refractivity contribution in [2.75, 3.05) is 0 Å².